The van der Waals surface area contributed by atoms with Crippen LogP contribution in [0.4, 0.5) is 17.6 Å². The van der Waals surface area contributed by atoms with Crippen molar-refractivity contribution >= 4 is 16.7 Å². The molecule has 0 spiro atoms. The maximum atomic E-state index is 15.2. The van der Waals surface area contributed by atoms with Crippen molar-refractivity contribution in [2.24, 2.45) is 10.9 Å². The van der Waals surface area contributed by atoms with Gasteiger partial charge >= 0.3 is 6.18 Å². The Morgan fingerprint density at radius 2 is 1.91 bits per heavy atom. The summed E-state index contributed by atoms with van der Waals surface area (Å²) in [4.78, 5) is 9.05. The van der Waals surface area contributed by atoms with E-state index < -0.39 is 24.3 Å². The summed E-state index contributed by atoms with van der Waals surface area (Å²) in [5.41, 5.74) is 7.44. The number of para-hydroxylation sites is 1. The Labute approximate surface area is 249 Å². The minimum absolute atomic E-state index is 0.0571. The number of aromatic amines is 1. The average Bonchev–Trinajstić information content (AvgIpc) is 3.62. The van der Waals surface area contributed by atoms with E-state index in [1.165, 1.54) is 11.1 Å². The molecule has 0 aliphatic carbocycles. The van der Waals surface area contributed by atoms with Crippen LogP contribution in [0, 0.1) is 5.92 Å². The van der Waals surface area contributed by atoms with Crippen LogP contribution in [-0.4, -0.2) is 44.4 Å². The van der Waals surface area contributed by atoms with Crippen molar-refractivity contribution < 1.29 is 17.6 Å². The van der Waals surface area contributed by atoms with Gasteiger partial charge in [0, 0.05) is 60.4 Å². The number of aryl methyl sites for hydroxylation is 2. The molecule has 6 rings (SSSR count). The minimum atomic E-state index is -4.58. The van der Waals surface area contributed by atoms with E-state index >= 15 is 4.39 Å². The molecule has 2 aliphatic heterocycles. The number of hydrogen-bond acceptors (Lipinski definition) is 3. The summed E-state index contributed by atoms with van der Waals surface area (Å²) in [6.07, 6.45) is 0.0827. The van der Waals surface area contributed by atoms with Gasteiger partial charge in [-0.05, 0) is 54.5 Å². The number of H-pyrrole nitrogens is 1. The van der Waals surface area contributed by atoms with Crippen LogP contribution in [0.3, 0.4) is 0 Å². The minimum Gasteiger partial charge on any atom is -0.361 e. The lowest BCUT2D eigenvalue weighted by Gasteiger charge is -2.33. The number of allylic oxidation sites excluding steroid dienone is 1. The van der Waals surface area contributed by atoms with Crippen LogP contribution in [-0.2, 0) is 25.8 Å². The first-order chi connectivity index (χ1) is 20.7. The standard InChI is InChI=1S/C34H37F4N5/c1-4-21(3)9-10-23-8-6-7-22(5-2)31(23)43-32(25-11-12-29-24(17-25)13-15-39-29)27-20-42(16-14-30(27)41-43)33-28(35)18-26(19-40-33)34(36,37)38/h6-8,11-13,15,17,19,21,28,39H,4-5,9-10,14,16,18,20H2,1-3H3. The molecule has 9 heteroatoms. The van der Waals surface area contributed by atoms with E-state index in [-0.39, 0.29) is 5.84 Å². The van der Waals surface area contributed by atoms with Crippen molar-refractivity contribution in [3.05, 3.63) is 82.8 Å². The Hall–Kier alpha value is -3.88. The molecule has 2 aromatic carbocycles. The van der Waals surface area contributed by atoms with Crippen molar-refractivity contribution in [3.8, 4) is 16.9 Å². The zero-order chi connectivity index (χ0) is 30.3. The van der Waals surface area contributed by atoms with E-state index in [4.69, 9.17) is 5.10 Å². The Balaban J connectivity index is 1.49. The lowest BCUT2D eigenvalue weighted by Crippen LogP contribution is -2.42. The molecule has 4 heterocycles. The summed E-state index contributed by atoms with van der Waals surface area (Å²) < 4.78 is 57.1. The fourth-order valence-electron chi connectivity index (χ4n) is 6.27. The molecular weight excluding hydrogens is 554 g/mol. The number of aromatic nitrogens is 3. The Morgan fingerprint density at radius 1 is 1.09 bits per heavy atom. The normalized spacial score (nSPS) is 18.0. The topological polar surface area (TPSA) is 49.2 Å². The molecular formula is C34H37F4N5. The van der Waals surface area contributed by atoms with Crippen molar-refractivity contribution in [1.82, 2.24) is 19.7 Å². The van der Waals surface area contributed by atoms with Crippen LogP contribution < -0.4 is 0 Å². The molecule has 0 bridgehead atoms. The molecule has 0 saturated carbocycles. The molecule has 5 nitrogen and oxygen atoms in total. The van der Waals surface area contributed by atoms with Crippen molar-refractivity contribution in [1.29, 1.82) is 0 Å². The van der Waals surface area contributed by atoms with Crippen LogP contribution in [0.25, 0.3) is 27.8 Å². The van der Waals surface area contributed by atoms with Gasteiger partial charge in [-0.2, -0.15) is 18.3 Å². The largest absolute Gasteiger partial charge is 0.414 e. The summed E-state index contributed by atoms with van der Waals surface area (Å²) in [5, 5.41) is 6.28. The number of nitrogens with zero attached hydrogens (tertiary/aromatic N) is 4. The molecule has 0 radical (unpaired) electrons. The molecule has 2 atom stereocenters. The SMILES string of the molecule is CCc1cccc(CCC(C)CC)c1-n1nc2c(c1-c1ccc3[nH]ccc3c1)CN(C1=NC=C(C(F)(F)F)CC1F)CC2. The van der Waals surface area contributed by atoms with Gasteiger partial charge in [0.05, 0.1) is 22.6 Å². The fourth-order valence-corrected chi connectivity index (χ4v) is 6.27. The number of aliphatic imine (C=N–C) groups is 1. The second-order valence-electron chi connectivity index (χ2n) is 11.8. The van der Waals surface area contributed by atoms with Gasteiger partial charge in [-0.15, -0.1) is 0 Å². The van der Waals surface area contributed by atoms with Gasteiger partial charge in [0.1, 0.15) is 5.84 Å². The first-order valence-electron chi connectivity index (χ1n) is 15.2. The first kappa shape index (κ1) is 29.2. The van der Waals surface area contributed by atoms with Crippen LogP contribution in [0.1, 0.15) is 62.4 Å². The van der Waals surface area contributed by atoms with Crippen LogP contribution >= 0.6 is 0 Å². The van der Waals surface area contributed by atoms with Crippen LogP contribution in [0.5, 0.6) is 0 Å². The van der Waals surface area contributed by atoms with E-state index in [0.717, 1.165) is 71.0 Å². The van der Waals surface area contributed by atoms with Gasteiger partial charge in [0.15, 0.2) is 6.17 Å². The number of benzene rings is 2. The highest BCUT2D eigenvalue weighted by molar-refractivity contribution is 5.89. The summed E-state index contributed by atoms with van der Waals surface area (Å²) in [5.74, 6) is 0.659. The van der Waals surface area contributed by atoms with E-state index in [0.29, 0.717) is 25.4 Å². The molecule has 43 heavy (non-hydrogen) atoms. The molecule has 1 N–H and O–H groups in total. The van der Waals surface area contributed by atoms with Gasteiger partial charge in [-0.25, -0.2) is 14.1 Å². The average molecular weight is 592 g/mol. The lowest BCUT2D eigenvalue weighted by molar-refractivity contribution is -0.0955. The number of amidine groups is 1. The van der Waals surface area contributed by atoms with E-state index in [1.807, 2.05) is 12.3 Å². The smallest absolute Gasteiger partial charge is 0.361 e. The first-order valence-corrected chi connectivity index (χ1v) is 15.2. The molecule has 0 saturated heterocycles. The molecule has 2 aromatic heterocycles. The van der Waals surface area contributed by atoms with E-state index in [1.54, 1.807) is 4.90 Å². The molecule has 226 valence electrons. The molecule has 4 aromatic rings. The van der Waals surface area contributed by atoms with E-state index in [2.05, 4.69) is 71.8 Å². The third-order valence-corrected chi connectivity index (χ3v) is 8.98. The Kier molecular flexibility index (Phi) is 7.92. The molecule has 2 aliphatic rings. The summed E-state index contributed by atoms with van der Waals surface area (Å²) >= 11 is 0. The van der Waals surface area contributed by atoms with Gasteiger partial charge in [-0.1, -0.05) is 51.5 Å². The number of alkyl halides is 4. The zero-order valence-electron chi connectivity index (χ0n) is 24.8. The predicted molar refractivity (Wildman–Crippen MR) is 163 cm³/mol. The van der Waals surface area contributed by atoms with Gasteiger partial charge in [-0.3, -0.25) is 0 Å². The van der Waals surface area contributed by atoms with E-state index in [9.17, 15) is 13.2 Å². The number of fused-ring (bicyclic) bond motifs is 2. The highest BCUT2D eigenvalue weighted by Gasteiger charge is 2.40. The third-order valence-electron chi connectivity index (χ3n) is 8.98. The fraction of sp³-hybridized carbons (Fsp3) is 0.412. The highest BCUT2D eigenvalue weighted by atomic mass is 19.4. The molecule has 0 fully saturated rings. The third kappa shape index (κ3) is 5.61. The number of nitrogens with one attached hydrogen (secondary N) is 1. The summed E-state index contributed by atoms with van der Waals surface area (Å²) in [7, 11) is 0. The van der Waals surface area contributed by atoms with Crippen LogP contribution in [0.2, 0.25) is 0 Å². The van der Waals surface area contributed by atoms with Gasteiger partial charge in [0.25, 0.3) is 0 Å². The second kappa shape index (κ2) is 11.7. The number of hydrogen-bond donors (Lipinski definition) is 1. The lowest BCUT2D eigenvalue weighted by atomic mass is 9.95. The van der Waals surface area contributed by atoms with Gasteiger partial charge in [0.2, 0.25) is 0 Å². The van der Waals surface area contributed by atoms with Crippen LogP contribution in [0.15, 0.2) is 65.4 Å². The number of halogens is 4. The Morgan fingerprint density at radius 3 is 2.65 bits per heavy atom. The predicted octanol–water partition coefficient (Wildman–Crippen LogP) is 8.51. The highest BCUT2D eigenvalue weighted by Crippen LogP contribution is 2.38. The van der Waals surface area contributed by atoms with Gasteiger partial charge < -0.3 is 9.88 Å². The monoisotopic (exact) mass is 591 g/mol. The second-order valence-corrected chi connectivity index (χ2v) is 11.8. The maximum Gasteiger partial charge on any atom is 0.414 e. The van der Waals surface area contributed by atoms with Crippen molar-refractivity contribution in [2.75, 3.05) is 6.54 Å². The van der Waals surface area contributed by atoms with Crippen molar-refractivity contribution in [3.63, 3.8) is 0 Å². The van der Waals surface area contributed by atoms with Crippen molar-refractivity contribution in [2.45, 2.75) is 78.2 Å². The number of rotatable bonds is 7. The molecule has 0 amide bonds. The maximum absolute atomic E-state index is 15.2. The zero-order valence-corrected chi connectivity index (χ0v) is 24.8. The Bertz CT molecular complexity index is 1690. The quantitative estimate of drug-likeness (QED) is 0.219. The summed E-state index contributed by atoms with van der Waals surface area (Å²) in [6.45, 7) is 7.40. The molecule has 2 unspecified atom stereocenters. The summed E-state index contributed by atoms with van der Waals surface area (Å²) in [6, 6.07) is 14.8.